The van der Waals surface area contributed by atoms with Crippen LogP contribution in [0.1, 0.15) is 105 Å². The molecule has 5 rings (SSSR count). The number of H-pyrrole nitrogens is 1. The summed E-state index contributed by atoms with van der Waals surface area (Å²) in [5.74, 6) is 0.492. The average Bonchev–Trinajstić information content (AvgIpc) is 3.63. The van der Waals surface area contributed by atoms with E-state index >= 15 is 0 Å². The molecule has 1 spiro atoms. The van der Waals surface area contributed by atoms with E-state index in [1.54, 1.807) is 0 Å². The Kier molecular flexibility index (Phi) is 10.6. The molecule has 9 nitrogen and oxygen atoms in total. The maximum Gasteiger partial charge on any atom is 0.253 e. The summed E-state index contributed by atoms with van der Waals surface area (Å²) < 4.78 is 0. The van der Waals surface area contributed by atoms with Crippen LogP contribution in [-0.2, 0) is 9.59 Å². The van der Waals surface area contributed by atoms with Gasteiger partial charge in [-0.15, -0.1) is 12.4 Å². The van der Waals surface area contributed by atoms with Crippen molar-refractivity contribution in [3.63, 3.8) is 0 Å². The summed E-state index contributed by atoms with van der Waals surface area (Å²) in [5.41, 5.74) is 4.10. The Balaban J connectivity index is 0.00000423. The molecular formula is C33H49ClN6O3. The normalized spacial score (nSPS) is 21.3. The van der Waals surface area contributed by atoms with Gasteiger partial charge in [-0.05, 0) is 76.0 Å². The van der Waals surface area contributed by atoms with E-state index in [0.717, 1.165) is 66.9 Å². The molecule has 0 aliphatic carbocycles. The third-order valence-corrected chi connectivity index (χ3v) is 9.57. The fraction of sp³-hybridized carbons (Fsp3) is 0.636. The molecule has 0 saturated carbocycles. The lowest BCUT2D eigenvalue weighted by atomic mass is 9.79. The van der Waals surface area contributed by atoms with Gasteiger partial charge < -0.3 is 15.1 Å². The number of carbonyl (C=O) groups is 3. The van der Waals surface area contributed by atoms with Gasteiger partial charge in [-0.2, -0.15) is 5.10 Å². The lowest BCUT2D eigenvalue weighted by molar-refractivity contribution is -0.162. The Bertz CT molecular complexity index is 1260. The highest BCUT2D eigenvalue weighted by atomic mass is 35.5. The number of nitrogens with one attached hydrogen (secondary N) is 2. The number of hydrogen-bond acceptors (Lipinski definition) is 5. The quantitative estimate of drug-likeness (QED) is 0.424. The molecule has 1 aromatic carbocycles. The summed E-state index contributed by atoms with van der Waals surface area (Å²) in [6, 6.07) is 7.54. The molecule has 2 N–H and O–H groups in total. The summed E-state index contributed by atoms with van der Waals surface area (Å²) in [5, 5.41) is 10.8. The number of hydrogen-bond donors (Lipinski definition) is 2. The first-order valence-corrected chi connectivity index (χ1v) is 15.9. The summed E-state index contributed by atoms with van der Waals surface area (Å²) >= 11 is 0. The molecule has 10 heteroatoms. The molecule has 3 saturated heterocycles. The molecule has 3 aliphatic heterocycles. The zero-order valence-electron chi connectivity index (χ0n) is 26.4. The average molecular weight is 613 g/mol. The fourth-order valence-electron chi connectivity index (χ4n) is 7.23. The van der Waals surface area contributed by atoms with Crippen LogP contribution in [0.25, 0.3) is 0 Å². The number of piperidine rings is 1. The van der Waals surface area contributed by atoms with Gasteiger partial charge in [-0.3, -0.25) is 24.4 Å². The van der Waals surface area contributed by atoms with Gasteiger partial charge >= 0.3 is 0 Å². The van der Waals surface area contributed by atoms with Gasteiger partial charge in [0.1, 0.15) is 11.6 Å². The van der Waals surface area contributed by atoms with Crippen molar-refractivity contribution in [2.75, 3.05) is 32.7 Å². The molecule has 0 radical (unpaired) electrons. The number of aromatic amines is 1. The number of nitrogens with zero attached hydrogens (tertiary/aromatic N) is 4. The summed E-state index contributed by atoms with van der Waals surface area (Å²) in [6.45, 7) is 14.0. The zero-order chi connectivity index (χ0) is 30.0. The van der Waals surface area contributed by atoms with Crippen LogP contribution in [-0.4, -0.2) is 86.9 Å². The number of rotatable bonds is 9. The zero-order valence-corrected chi connectivity index (χ0v) is 27.3. The largest absolute Gasteiger partial charge is 0.342 e. The number of halogens is 1. The molecule has 3 fully saturated rings. The Morgan fingerprint density at radius 3 is 2.26 bits per heavy atom. The van der Waals surface area contributed by atoms with Gasteiger partial charge in [0, 0.05) is 49.5 Å². The topological polar surface area (TPSA) is 102 Å². The van der Waals surface area contributed by atoms with Gasteiger partial charge in [0.05, 0.1) is 11.7 Å². The minimum Gasteiger partial charge on any atom is -0.342 e. The van der Waals surface area contributed by atoms with Crippen molar-refractivity contribution >= 4 is 30.1 Å². The van der Waals surface area contributed by atoms with E-state index in [4.69, 9.17) is 0 Å². The fourth-order valence-corrected chi connectivity index (χ4v) is 7.23. The van der Waals surface area contributed by atoms with Crippen molar-refractivity contribution in [2.45, 2.75) is 97.2 Å². The van der Waals surface area contributed by atoms with Gasteiger partial charge in [-0.1, -0.05) is 39.3 Å². The molecule has 4 heterocycles. The predicted molar refractivity (Wildman–Crippen MR) is 170 cm³/mol. The van der Waals surface area contributed by atoms with Gasteiger partial charge in [0.15, 0.2) is 0 Å². The third kappa shape index (κ3) is 6.48. The van der Waals surface area contributed by atoms with E-state index in [0.29, 0.717) is 44.8 Å². The highest BCUT2D eigenvalue weighted by Crippen LogP contribution is 2.40. The molecule has 3 amide bonds. The van der Waals surface area contributed by atoms with Crippen molar-refractivity contribution in [2.24, 2.45) is 5.92 Å². The van der Waals surface area contributed by atoms with E-state index in [1.807, 2.05) is 35.8 Å². The number of unbranched alkanes of at least 4 members (excludes halogenated alkanes) is 1. The lowest BCUT2D eigenvalue weighted by Crippen LogP contribution is -2.73. The highest BCUT2D eigenvalue weighted by molar-refractivity contribution is 6.00. The van der Waals surface area contributed by atoms with Crippen molar-refractivity contribution in [1.82, 2.24) is 30.2 Å². The van der Waals surface area contributed by atoms with E-state index in [1.165, 1.54) is 0 Å². The number of aryl methyl sites for hydroxylation is 2. The summed E-state index contributed by atoms with van der Waals surface area (Å²) in [7, 11) is 0. The SMILES string of the molecule is CCCCN1C(=O)[C@H](CC(C)C)NC(=O)C12CCN(C(c1ccc(C(=O)N3CCCC3)cc1)c1c(C)n[nH]c1C)CC2.Cl. The van der Waals surface area contributed by atoms with Crippen molar-refractivity contribution in [1.29, 1.82) is 0 Å². The van der Waals surface area contributed by atoms with E-state index in [9.17, 15) is 14.4 Å². The third-order valence-electron chi connectivity index (χ3n) is 9.57. The molecule has 236 valence electrons. The number of carbonyl (C=O) groups excluding carboxylic acids is 3. The number of benzene rings is 1. The Labute approximate surface area is 262 Å². The summed E-state index contributed by atoms with van der Waals surface area (Å²) in [6.07, 6.45) is 5.82. The number of likely N-dealkylation sites (tertiary alicyclic amines) is 2. The predicted octanol–water partition coefficient (Wildman–Crippen LogP) is 4.78. The van der Waals surface area contributed by atoms with Crippen molar-refractivity contribution in [3.8, 4) is 0 Å². The molecule has 1 aromatic heterocycles. The lowest BCUT2D eigenvalue weighted by Gasteiger charge is -2.52. The Morgan fingerprint density at radius 2 is 1.70 bits per heavy atom. The van der Waals surface area contributed by atoms with Crippen LogP contribution in [0.2, 0.25) is 0 Å². The maximum atomic E-state index is 13.8. The molecular weight excluding hydrogens is 564 g/mol. The molecule has 43 heavy (non-hydrogen) atoms. The van der Waals surface area contributed by atoms with E-state index < -0.39 is 11.6 Å². The monoisotopic (exact) mass is 612 g/mol. The number of amides is 3. The molecule has 1 unspecified atom stereocenters. The number of piperazine rings is 1. The van der Waals surface area contributed by atoms with Crippen molar-refractivity contribution < 1.29 is 14.4 Å². The van der Waals surface area contributed by atoms with Gasteiger partial charge in [-0.25, -0.2) is 0 Å². The molecule has 0 bridgehead atoms. The second-order valence-corrected chi connectivity index (χ2v) is 12.9. The number of aromatic nitrogens is 2. The first-order valence-electron chi connectivity index (χ1n) is 15.9. The molecule has 2 aromatic rings. The Hall–Kier alpha value is -2.91. The molecule has 3 aliphatic rings. The van der Waals surface area contributed by atoms with E-state index in [2.05, 4.69) is 53.3 Å². The highest BCUT2D eigenvalue weighted by Gasteiger charge is 2.54. The first-order chi connectivity index (χ1) is 20.2. The second-order valence-electron chi connectivity index (χ2n) is 12.9. The minimum absolute atomic E-state index is 0. The minimum atomic E-state index is -0.812. The van der Waals surface area contributed by atoms with Crippen LogP contribution in [0.15, 0.2) is 24.3 Å². The standard InChI is InChI=1S/C33H48N6O3.ClH/c1-6-7-18-39-31(41)27(21-22(2)3)34-32(42)33(39)14-19-37(20-15-33)29(28-23(4)35-36-24(28)5)25-10-12-26(13-11-25)30(40)38-16-8-9-17-38;/h10-13,22,27,29H,6-9,14-21H2,1-5H3,(H,34,42)(H,35,36);1H/t27-,29?;/m0./s1. The van der Waals surface area contributed by atoms with Crippen LogP contribution >= 0.6 is 12.4 Å². The van der Waals surface area contributed by atoms with Crippen LogP contribution in [0.5, 0.6) is 0 Å². The van der Waals surface area contributed by atoms with Crippen LogP contribution < -0.4 is 5.32 Å². The van der Waals surface area contributed by atoms with E-state index in [-0.39, 0.29) is 36.2 Å². The maximum absolute atomic E-state index is 13.8. The van der Waals surface area contributed by atoms with Crippen LogP contribution in [0.3, 0.4) is 0 Å². The molecule has 2 atom stereocenters. The van der Waals surface area contributed by atoms with Gasteiger partial charge in [0.2, 0.25) is 11.8 Å². The smallest absolute Gasteiger partial charge is 0.253 e. The van der Waals surface area contributed by atoms with Crippen molar-refractivity contribution in [3.05, 3.63) is 52.3 Å². The Morgan fingerprint density at radius 1 is 1.05 bits per heavy atom. The van der Waals surface area contributed by atoms with Gasteiger partial charge in [0.25, 0.3) is 5.91 Å². The van der Waals surface area contributed by atoms with Crippen LogP contribution in [0.4, 0.5) is 0 Å². The van der Waals surface area contributed by atoms with Crippen LogP contribution in [0, 0.1) is 19.8 Å². The first kappa shape index (κ1) is 33.0. The second kappa shape index (κ2) is 13.8. The summed E-state index contributed by atoms with van der Waals surface area (Å²) in [4.78, 5) is 46.8.